The zero-order valence-electron chi connectivity index (χ0n) is 12.2. The summed E-state index contributed by atoms with van der Waals surface area (Å²) in [5.74, 6) is 0.504. The van der Waals surface area contributed by atoms with Gasteiger partial charge in [0.25, 0.3) is 5.91 Å². The van der Waals surface area contributed by atoms with Crippen LogP contribution in [0.4, 0.5) is 0 Å². The number of para-hydroxylation sites is 2. The highest BCUT2D eigenvalue weighted by Gasteiger charge is 2.22. The van der Waals surface area contributed by atoms with Gasteiger partial charge in [0.15, 0.2) is 17.6 Å². The minimum absolute atomic E-state index is 0.0715. The number of carbonyl (C=O) groups is 2. The number of carbonyl (C=O) groups excluding carboxylic acids is 2. The van der Waals surface area contributed by atoms with Gasteiger partial charge in [0.2, 0.25) is 0 Å². The lowest BCUT2D eigenvalue weighted by Gasteiger charge is -2.26. The minimum atomic E-state index is -0.516. The van der Waals surface area contributed by atoms with E-state index in [-0.39, 0.29) is 25.2 Å². The molecule has 1 aliphatic heterocycles. The molecular formula is C16H15NO5S. The molecule has 7 heteroatoms. The van der Waals surface area contributed by atoms with Gasteiger partial charge in [-0.2, -0.15) is 0 Å². The second-order valence-corrected chi connectivity index (χ2v) is 5.79. The first kappa shape index (κ1) is 15.4. The molecule has 1 unspecified atom stereocenters. The van der Waals surface area contributed by atoms with Crippen molar-refractivity contribution in [3.8, 4) is 11.5 Å². The number of ether oxygens (including phenoxy) is 3. The lowest BCUT2D eigenvalue weighted by Crippen LogP contribution is -2.36. The number of benzene rings is 1. The number of hydrogen-bond acceptors (Lipinski definition) is 6. The topological polar surface area (TPSA) is 73.9 Å². The van der Waals surface area contributed by atoms with Crippen molar-refractivity contribution in [3.63, 3.8) is 0 Å². The summed E-state index contributed by atoms with van der Waals surface area (Å²) >= 11 is 1.31. The van der Waals surface area contributed by atoms with Gasteiger partial charge >= 0.3 is 5.97 Å². The summed E-state index contributed by atoms with van der Waals surface area (Å²) in [5.41, 5.74) is 0. The van der Waals surface area contributed by atoms with Gasteiger partial charge in [-0.15, -0.1) is 11.3 Å². The van der Waals surface area contributed by atoms with Crippen molar-refractivity contribution in [1.82, 2.24) is 5.32 Å². The molecule has 0 aliphatic carbocycles. The van der Waals surface area contributed by atoms with Gasteiger partial charge in [0.05, 0.1) is 4.88 Å². The first-order chi connectivity index (χ1) is 11.2. The Labute approximate surface area is 137 Å². The molecule has 0 bridgehead atoms. The maximum Gasteiger partial charge on any atom is 0.325 e. The molecule has 0 spiro atoms. The van der Waals surface area contributed by atoms with E-state index in [1.54, 1.807) is 23.6 Å². The number of amides is 1. The molecule has 1 N–H and O–H groups in total. The first-order valence-electron chi connectivity index (χ1n) is 7.08. The second-order valence-electron chi connectivity index (χ2n) is 4.84. The molecule has 120 valence electrons. The molecule has 0 fully saturated rings. The Morgan fingerprint density at radius 1 is 1.22 bits per heavy atom. The van der Waals surface area contributed by atoms with Crippen LogP contribution in [0.25, 0.3) is 0 Å². The Kier molecular flexibility index (Phi) is 4.77. The smallest absolute Gasteiger partial charge is 0.325 e. The third-order valence-electron chi connectivity index (χ3n) is 3.14. The van der Waals surface area contributed by atoms with Gasteiger partial charge in [0, 0.05) is 0 Å². The van der Waals surface area contributed by atoms with Gasteiger partial charge in [-0.1, -0.05) is 18.2 Å². The normalized spacial score (nSPS) is 15.7. The van der Waals surface area contributed by atoms with Crippen LogP contribution in [0.2, 0.25) is 0 Å². The molecule has 1 aromatic heterocycles. The number of nitrogens with one attached hydrogen (secondary N) is 1. The van der Waals surface area contributed by atoms with Crippen molar-refractivity contribution in [2.75, 3.05) is 19.8 Å². The van der Waals surface area contributed by atoms with E-state index in [0.717, 1.165) is 0 Å². The van der Waals surface area contributed by atoms with Crippen LogP contribution in [-0.2, 0) is 9.53 Å². The van der Waals surface area contributed by atoms with E-state index >= 15 is 0 Å². The van der Waals surface area contributed by atoms with E-state index in [9.17, 15) is 9.59 Å². The highest BCUT2D eigenvalue weighted by molar-refractivity contribution is 7.12. The molecule has 0 saturated carbocycles. The largest absolute Gasteiger partial charge is 0.486 e. The van der Waals surface area contributed by atoms with Gasteiger partial charge in [-0.3, -0.25) is 9.59 Å². The lowest BCUT2D eigenvalue weighted by molar-refractivity contribution is -0.145. The van der Waals surface area contributed by atoms with Crippen LogP contribution < -0.4 is 14.8 Å². The number of rotatable bonds is 5. The highest BCUT2D eigenvalue weighted by Crippen LogP contribution is 2.30. The summed E-state index contributed by atoms with van der Waals surface area (Å²) in [7, 11) is 0. The van der Waals surface area contributed by atoms with Gasteiger partial charge in [-0.25, -0.2) is 0 Å². The Bertz CT molecular complexity index is 686. The Balaban J connectivity index is 1.41. The van der Waals surface area contributed by atoms with Crippen LogP contribution in [0.5, 0.6) is 11.5 Å². The van der Waals surface area contributed by atoms with Gasteiger partial charge in [0.1, 0.15) is 19.8 Å². The molecule has 0 saturated heterocycles. The predicted molar refractivity (Wildman–Crippen MR) is 84.0 cm³/mol. The molecule has 1 aliphatic rings. The van der Waals surface area contributed by atoms with E-state index in [1.165, 1.54) is 11.3 Å². The number of hydrogen-bond donors (Lipinski definition) is 1. The van der Waals surface area contributed by atoms with E-state index < -0.39 is 5.97 Å². The molecule has 2 aromatic rings. The van der Waals surface area contributed by atoms with Crippen LogP contribution >= 0.6 is 11.3 Å². The van der Waals surface area contributed by atoms with Crippen molar-refractivity contribution in [3.05, 3.63) is 46.7 Å². The van der Waals surface area contributed by atoms with Crippen molar-refractivity contribution in [2.45, 2.75) is 6.10 Å². The maximum absolute atomic E-state index is 11.7. The molecule has 3 rings (SSSR count). The molecule has 1 aromatic carbocycles. The molecule has 23 heavy (non-hydrogen) atoms. The average molecular weight is 333 g/mol. The summed E-state index contributed by atoms with van der Waals surface area (Å²) in [6.07, 6.45) is -0.359. The van der Waals surface area contributed by atoms with Crippen LogP contribution in [0.3, 0.4) is 0 Å². The molecule has 1 amide bonds. The maximum atomic E-state index is 11.7. The Hall–Kier alpha value is -2.54. The van der Waals surface area contributed by atoms with Gasteiger partial charge < -0.3 is 19.5 Å². The number of fused-ring (bicyclic) bond motifs is 1. The zero-order valence-corrected chi connectivity index (χ0v) is 13.0. The number of thiophene rings is 1. The SMILES string of the molecule is O=C(CNC(=O)c1cccs1)OCC1COc2ccccc2O1. The summed E-state index contributed by atoms with van der Waals surface area (Å²) in [6.45, 7) is 0.203. The van der Waals surface area contributed by atoms with Crippen molar-refractivity contribution in [2.24, 2.45) is 0 Å². The standard InChI is InChI=1S/C16H15NO5S/c18-15(8-17-16(19)14-6-3-7-23-14)21-10-11-9-20-12-4-1-2-5-13(12)22-11/h1-7,11H,8-10H2,(H,17,19). The van der Waals surface area contributed by atoms with Crippen molar-refractivity contribution >= 4 is 23.2 Å². The minimum Gasteiger partial charge on any atom is -0.486 e. The van der Waals surface area contributed by atoms with E-state index in [1.807, 2.05) is 18.2 Å². The second kappa shape index (κ2) is 7.15. The lowest BCUT2D eigenvalue weighted by atomic mass is 10.3. The fraction of sp³-hybridized carbons (Fsp3) is 0.250. The quantitative estimate of drug-likeness (QED) is 0.846. The van der Waals surface area contributed by atoms with Crippen LogP contribution in [0.15, 0.2) is 41.8 Å². The van der Waals surface area contributed by atoms with Crippen LogP contribution in [0, 0.1) is 0 Å². The van der Waals surface area contributed by atoms with E-state index in [2.05, 4.69) is 5.32 Å². The van der Waals surface area contributed by atoms with Crippen LogP contribution in [0.1, 0.15) is 9.67 Å². The number of esters is 1. The average Bonchev–Trinajstić information content (AvgIpc) is 3.12. The third kappa shape index (κ3) is 4.01. The summed E-state index contributed by atoms with van der Waals surface area (Å²) < 4.78 is 16.3. The predicted octanol–water partition coefficient (Wildman–Crippen LogP) is 1.86. The molecule has 0 radical (unpaired) electrons. The van der Waals surface area contributed by atoms with Gasteiger partial charge in [-0.05, 0) is 23.6 Å². The fourth-order valence-electron chi connectivity index (χ4n) is 2.03. The van der Waals surface area contributed by atoms with Crippen LogP contribution in [-0.4, -0.2) is 37.7 Å². The molecule has 2 heterocycles. The fourth-order valence-corrected chi connectivity index (χ4v) is 2.67. The monoisotopic (exact) mass is 333 g/mol. The van der Waals surface area contributed by atoms with E-state index in [4.69, 9.17) is 14.2 Å². The first-order valence-corrected chi connectivity index (χ1v) is 7.96. The highest BCUT2D eigenvalue weighted by atomic mass is 32.1. The van der Waals surface area contributed by atoms with Crippen molar-refractivity contribution in [1.29, 1.82) is 0 Å². The molecule has 1 atom stereocenters. The summed E-state index contributed by atoms with van der Waals surface area (Å²) in [5, 5.41) is 4.31. The zero-order chi connectivity index (χ0) is 16.1. The van der Waals surface area contributed by atoms with Crippen molar-refractivity contribution < 1.29 is 23.8 Å². The Morgan fingerprint density at radius 3 is 2.83 bits per heavy atom. The molecular weight excluding hydrogens is 318 g/mol. The summed E-state index contributed by atoms with van der Waals surface area (Å²) in [4.78, 5) is 23.9. The molecule has 6 nitrogen and oxygen atoms in total. The summed E-state index contributed by atoms with van der Waals surface area (Å²) in [6, 6.07) is 10.8. The Morgan fingerprint density at radius 2 is 2.04 bits per heavy atom. The van der Waals surface area contributed by atoms with E-state index in [0.29, 0.717) is 23.0 Å². The third-order valence-corrected chi connectivity index (χ3v) is 4.00.